The Bertz CT molecular complexity index is 533. The molecule has 6 nitrogen and oxygen atoms in total. The quantitative estimate of drug-likeness (QED) is 0.538. The number of hydrogen-bond donors (Lipinski definition) is 0. The van der Waals surface area contributed by atoms with Crippen molar-refractivity contribution in [3.63, 3.8) is 0 Å². The van der Waals surface area contributed by atoms with Gasteiger partial charge in [-0.25, -0.2) is 0 Å². The van der Waals surface area contributed by atoms with Crippen molar-refractivity contribution in [3.8, 4) is 0 Å². The largest absolute Gasteiger partial charge is 0.465 e. The Kier molecular flexibility index (Phi) is 8.13. The summed E-state index contributed by atoms with van der Waals surface area (Å²) in [5, 5.41) is 0. The second-order valence-electron chi connectivity index (χ2n) is 4.55. The summed E-state index contributed by atoms with van der Waals surface area (Å²) in [6.07, 6.45) is 2.93. The van der Waals surface area contributed by atoms with Gasteiger partial charge in [-0.05, 0) is 25.5 Å². The highest BCUT2D eigenvalue weighted by atomic mass is 16.5. The van der Waals surface area contributed by atoms with E-state index in [1.54, 1.807) is 19.9 Å². The summed E-state index contributed by atoms with van der Waals surface area (Å²) in [5.74, 6) is -1.61. The van der Waals surface area contributed by atoms with Crippen LogP contribution in [0.15, 0.2) is 36.4 Å². The number of carbonyl (C=O) groups is 3. The molecule has 0 N–H and O–H groups in total. The van der Waals surface area contributed by atoms with Gasteiger partial charge in [-0.1, -0.05) is 30.3 Å². The summed E-state index contributed by atoms with van der Waals surface area (Å²) in [7, 11) is 0. The van der Waals surface area contributed by atoms with Gasteiger partial charge in [0.05, 0.1) is 13.2 Å². The number of rotatable bonds is 8. The summed E-state index contributed by atoms with van der Waals surface area (Å²) < 4.78 is 9.64. The highest BCUT2D eigenvalue weighted by molar-refractivity contribution is 5.95. The molecule has 0 aliphatic heterocycles. The Balaban J connectivity index is 2.76. The zero-order valence-electron chi connectivity index (χ0n) is 13.4. The minimum atomic E-state index is -0.571. The van der Waals surface area contributed by atoms with Crippen LogP contribution in [0.2, 0.25) is 0 Å². The summed E-state index contributed by atoms with van der Waals surface area (Å²) in [4.78, 5) is 36.5. The van der Waals surface area contributed by atoms with Crippen molar-refractivity contribution >= 4 is 23.9 Å². The van der Waals surface area contributed by atoms with Crippen molar-refractivity contribution in [1.82, 2.24) is 4.90 Å². The number of ether oxygens (including phenoxy) is 2. The van der Waals surface area contributed by atoms with E-state index in [-0.39, 0.29) is 26.3 Å². The van der Waals surface area contributed by atoms with Crippen LogP contribution < -0.4 is 0 Å². The highest BCUT2D eigenvalue weighted by Gasteiger charge is 2.19. The number of hydrogen-bond acceptors (Lipinski definition) is 5. The smallest absolute Gasteiger partial charge is 0.325 e. The molecule has 0 unspecified atom stereocenters. The molecule has 0 saturated carbocycles. The normalized spacial score (nSPS) is 10.3. The molecular formula is C17H21NO5. The van der Waals surface area contributed by atoms with Crippen molar-refractivity contribution in [2.45, 2.75) is 13.8 Å². The van der Waals surface area contributed by atoms with Crippen molar-refractivity contribution in [2.75, 3.05) is 26.3 Å². The van der Waals surface area contributed by atoms with Gasteiger partial charge in [-0.3, -0.25) is 14.4 Å². The molecule has 0 saturated heterocycles. The molecule has 0 aromatic heterocycles. The van der Waals surface area contributed by atoms with Gasteiger partial charge < -0.3 is 14.4 Å². The number of benzene rings is 1. The molecule has 0 fully saturated rings. The van der Waals surface area contributed by atoms with E-state index in [4.69, 9.17) is 9.47 Å². The third-order valence-electron chi connectivity index (χ3n) is 2.78. The van der Waals surface area contributed by atoms with E-state index in [0.29, 0.717) is 0 Å². The summed E-state index contributed by atoms with van der Waals surface area (Å²) >= 11 is 0. The maximum Gasteiger partial charge on any atom is 0.325 e. The zero-order valence-corrected chi connectivity index (χ0v) is 13.4. The molecule has 0 aliphatic carbocycles. The number of esters is 2. The lowest BCUT2D eigenvalue weighted by Gasteiger charge is -2.19. The molecule has 0 heterocycles. The van der Waals surface area contributed by atoms with Crippen LogP contribution in [0, 0.1) is 0 Å². The first-order chi connectivity index (χ1) is 11.1. The van der Waals surface area contributed by atoms with E-state index in [9.17, 15) is 14.4 Å². The van der Waals surface area contributed by atoms with Crippen molar-refractivity contribution in [3.05, 3.63) is 42.0 Å². The zero-order chi connectivity index (χ0) is 17.1. The Morgan fingerprint density at radius 2 is 1.48 bits per heavy atom. The van der Waals surface area contributed by atoms with Gasteiger partial charge in [0.25, 0.3) is 0 Å². The molecule has 1 aromatic rings. The van der Waals surface area contributed by atoms with Gasteiger partial charge in [0.15, 0.2) is 0 Å². The second-order valence-corrected chi connectivity index (χ2v) is 4.55. The average Bonchev–Trinajstić information content (AvgIpc) is 2.53. The highest BCUT2D eigenvalue weighted by Crippen LogP contribution is 2.03. The van der Waals surface area contributed by atoms with E-state index in [0.717, 1.165) is 10.5 Å². The summed E-state index contributed by atoms with van der Waals surface area (Å²) in [6, 6.07) is 9.24. The Labute approximate surface area is 135 Å². The molecule has 0 atom stereocenters. The lowest BCUT2D eigenvalue weighted by Crippen LogP contribution is -2.39. The third-order valence-corrected chi connectivity index (χ3v) is 2.78. The molecule has 1 aromatic carbocycles. The van der Waals surface area contributed by atoms with Crippen LogP contribution in [-0.2, 0) is 23.9 Å². The van der Waals surface area contributed by atoms with Gasteiger partial charge >= 0.3 is 11.9 Å². The maximum atomic E-state index is 12.2. The Hall–Kier alpha value is -2.63. The van der Waals surface area contributed by atoms with Crippen LogP contribution in [0.5, 0.6) is 0 Å². The van der Waals surface area contributed by atoms with Gasteiger partial charge in [0.1, 0.15) is 13.1 Å². The first-order valence-electron chi connectivity index (χ1n) is 7.40. The Morgan fingerprint density at radius 1 is 0.957 bits per heavy atom. The predicted octanol–water partition coefficient (Wildman–Crippen LogP) is 1.65. The molecule has 0 spiro atoms. The van der Waals surface area contributed by atoms with E-state index in [1.807, 2.05) is 30.3 Å². The third kappa shape index (κ3) is 7.26. The number of amides is 1. The topological polar surface area (TPSA) is 72.9 Å². The molecule has 1 rings (SSSR count). The van der Waals surface area contributed by atoms with Crippen LogP contribution in [0.1, 0.15) is 19.4 Å². The molecule has 23 heavy (non-hydrogen) atoms. The summed E-state index contributed by atoms with van der Waals surface area (Å²) in [5.41, 5.74) is 0.841. The van der Waals surface area contributed by atoms with E-state index >= 15 is 0 Å². The maximum absolute atomic E-state index is 12.2. The van der Waals surface area contributed by atoms with Crippen LogP contribution in [0.4, 0.5) is 0 Å². The lowest BCUT2D eigenvalue weighted by molar-refractivity contribution is -0.152. The predicted molar refractivity (Wildman–Crippen MR) is 85.3 cm³/mol. The summed E-state index contributed by atoms with van der Waals surface area (Å²) in [6.45, 7) is 3.16. The Morgan fingerprint density at radius 3 is 1.96 bits per heavy atom. The average molecular weight is 319 g/mol. The lowest BCUT2D eigenvalue weighted by atomic mass is 10.2. The van der Waals surface area contributed by atoms with Gasteiger partial charge in [-0.2, -0.15) is 0 Å². The van der Waals surface area contributed by atoms with Crippen molar-refractivity contribution in [2.24, 2.45) is 0 Å². The SMILES string of the molecule is CCOC(=O)CN(CC(=O)OCC)C(=O)/C=C/c1ccccc1. The second kappa shape index (κ2) is 10.2. The van der Waals surface area contributed by atoms with Crippen LogP contribution in [0.25, 0.3) is 6.08 Å². The fourth-order valence-corrected chi connectivity index (χ4v) is 1.77. The van der Waals surface area contributed by atoms with Gasteiger partial charge in [0.2, 0.25) is 5.91 Å². The van der Waals surface area contributed by atoms with E-state index in [1.165, 1.54) is 6.08 Å². The fourth-order valence-electron chi connectivity index (χ4n) is 1.77. The molecular weight excluding hydrogens is 298 g/mol. The molecule has 0 aliphatic rings. The van der Waals surface area contributed by atoms with Crippen LogP contribution in [-0.4, -0.2) is 49.0 Å². The van der Waals surface area contributed by atoms with Crippen molar-refractivity contribution < 1.29 is 23.9 Å². The molecule has 124 valence electrons. The minimum absolute atomic E-state index is 0.208. The van der Waals surface area contributed by atoms with Crippen LogP contribution in [0.3, 0.4) is 0 Å². The molecule has 0 bridgehead atoms. The van der Waals surface area contributed by atoms with Gasteiger partial charge in [0, 0.05) is 6.08 Å². The van der Waals surface area contributed by atoms with Crippen molar-refractivity contribution in [1.29, 1.82) is 0 Å². The van der Waals surface area contributed by atoms with Gasteiger partial charge in [-0.15, -0.1) is 0 Å². The molecule has 1 amide bonds. The number of carbonyl (C=O) groups excluding carboxylic acids is 3. The monoisotopic (exact) mass is 319 g/mol. The first kappa shape index (κ1) is 18.4. The van der Waals surface area contributed by atoms with Crippen LogP contribution >= 0.6 is 0 Å². The minimum Gasteiger partial charge on any atom is -0.465 e. The number of nitrogens with zero attached hydrogens (tertiary/aromatic N) is 1. The standard InChI is InChI=1S/C17H21NO5/c1-3-22-16(20)12-18(13-17(21)23-4-2)15(19)11-10-14-8-6-5-7-9-14/h5-11H,3-4,12-13H2,1-2H3/b11-10+. The van der Waals surface area contributed by atoms with E-state index in [2.05, 4.69) is 0 Å². The molecule has 0 radical (unpaired) electrons. The van der Waals surface area contributed by atoms with E-state index < -0.39 is 17.8 Å². The fraction of sp³-hybridized carbons (Fsp3) is 0.353. The molecule has 6 heteroatoms. The first-order valence-corrected chi connectivity index (χ1v) is 7.40.